The van der Waals surface area contributed by atoms with Gasteiger partial charge >= 0.3 is 5.97 Å². The lowest BCUT2D eigenvalue weighted by atomic mass is 10.0. The van der Waals surface area contributed by atoms with Crippen LogP contribution in [0.25, 0.3) is 0 Å². The summed E-state index contributed by atoms with van der Waals surface area (Å²) in [6, 6.07) is 16.4. The average molecular weight is 552 g/mol. The topological polar surface area (TPSA) is 63.2 Å². The number of halogens is 1. The molecule has 0 spiro atoms. The van der Waals surface area contributed by atoms with Crippen molar-refractivity contribution in [3.8, 4) is 11.5 Å². The number of alkyl halides is 1. The van der Waals surface area contributed by atoms with Crippen molar-refractivity contribution in [1.29, 1.82) is 0 Å². The minimum atomic E-state index is -2.16. The molecule has 34 heavy (non-hydrogen) atoms. The van der Waals surface area contributed by atoms with Gasteiger partial charge in [-0.05, 0) is 54.5 Å². The summed E-state index contributed by atoms with van der Waals surface area (Å²) in [6.45, 7) is 11.0. The van der Waals surface area contributed by atoms with E-state index < -0.39 is 26.8 Å². The highest BCUT2D eigenvalue weighted by molar-refractivity contribution is 9.09. The van der Waals surface area contributed by atoms with E-state index in [1.54, 1.807) is 19.2 Å². The molecule has 3 rings (SSSR count). The summed E-state index contributed by atoms with van der Waals surface area (Å²) in [5.41, 5.74) is 0.509. The Balaban J connectivity index is 1.83. The Hall–Kier alpha value is -1.87. The Morgan fingerprint density at radius 1 is 1.03 bits per heavy atom. The molecule has 0 aliphatic carbocycles. The Kier molecular flexibility index (Phi) is 8.84. The van der Waals surface area contributed by atoms with Gasteiger partial charge in [0.25, 0.3) is 0 Å². The van der Waals surface area contributed by atoms with Crippen molar-refractivity contribution >= 4 is 30.2 Å². The third-order valence-corrected chi connectivity index (χ3v) is 11.6. The minimum absolute atomic E-state index is 0.000145. The van der Waals surface area contributed by atoms with Gasteiger partial charge in [-0.2, -0.15) is 0 Å². The molecule has 1 aliphatic heterocycles. The van der Waals surface area contributed by atoms with Gasteiger partial charge in [-0.15, -0.1) is 0 Å². The highest BCUT2D eigenvalue weighted by atomic mass is 79.9. The van der Waals surface area contributed by atoms with E-state index in [9.17, 15) is 4.79 Å². The Morgan fingerprint density at radius 2 is 1.65 bits per heavy atom. The van der Waals surface area contributed by atoms with Crippen LogP contribution >= 0.6 is 15.9 Å². The van der Waals surface area contributed by atoms with Gasteiger partial charge in [-0.3, -0.25) is 0 Å². The molecule has 4 atom stereocenters. The molecule has 0 aromatic heterocycles. The van der Waals surface area contributed by atoms with Crippen LogP contribution in [-0.2, 0) is 13.9 Å². The van der Waals surface area contributed by atoms with E-state index in [4.69, 9.17) is 23.4 Å². The summed E-state index contributed by atoms with van der Waals surface area (Å²) >= 11 is 3.52. The molecule has 1 aliphatic rings. The molecule has 2 aromatic rings. The lowest BCUT2D eigenvalue weighted by Gasteiger charge is -2.45. The molecule has 0 saturated carbocycles. The predicted octanol–water partition coefficient (Wildman–Crippen LogP) is 6.20. The normalized spacial score (nSPS) is 23.3. The highest BCUT2D eigenvalue weighted by Gasteiger charge is 2.47. The number of carbonyl (C=O) groups is 1. The summed E-state index contributed by atoms with van der Waals surface area (Å²) in [4.78, 5) is 12.8. The number of rotatable bonds is 8. The maximum absolute atomic E-state index is 12.8. The van der Waals surface area contributed by atoms with Crippen LogP contribution in [0.15, 0.2) is 54.6 Å². The second-order valence-corrected chi connectivity index (χ2v) is 15.4. The molecule has 6 nitrogen and oxygen atoms in total. The van der Waals surface area contributed by atoms with Gasteiger partial charge in [0.15, 0.2) is 8.32 Å². The largest absolute Gasteiger partial charge is 0.497 e. The van der Waals surface area contributed by atoms with Crippen molar-refractivity contribution in [3.05, 3.63) is 60.2 Å². The standard InChI is InChI=1S/C26H35BrO6Si/c1-26(2,3)34(5,6)33-22-16-21(31-24(28)18-10-8-7-9-11-18)23(17-27)32-25(22)30-20-14-12-19(29-4)13-15-20/h7-15,21-23,25H,16-17H2,1-6H3/t21-,22+,23+,25+/m0/s1. The van der Waals surface area contributed by atoms with Gasteiger partial charge in [-0.1, -0.05) is 54.9 Å². The summed E-state index contributed by atoms with van der Waals surface area (Å²) in [5, 5.41) is 0.495. The third-order valence-electron chi connectivity index (χ3n) is 6.48. The van der Waals surface area contributed by atoms with Gasteiger partial charge in [0.2, 0.25) is 6.29 Å². The number of ether oxygens (including phenoxy) is 4. The van der Waals surface area contributed by atoms with Crippen LogP contribution in [-0.4, -0.2) is 51.3 Å². The van der Waals surface area contributed by atoms with E-state index in [0.717, 1.165) is 5.75 Å². The molecule has 0 N–H and O–H groups in total. The lowest BCUT2D eigenvalue weighted by Crippen LogP contribution is -2.56. The third kappa shape index (κ3) is 6.62. The summed E-state index contributed by atoms with van der Waals surface area (Å²) in [6.07, 6.45) is -1.42. The Bertz CT molecular complexity index is 929. The van der Waals surface area contributed by atoms with Crippen molar-refractivity contribution in [2.45, 2.75) is 69.9 Å². The van der Waals surface area contributed by atoms with Crippen LogP contribution in [0.5, 0.6) is 11.5 Å². The van der Waals surface area contributed by atoms with Crippen LogP contribution in [0.1, 0.15) is 37.6 Å². The first-order valence-corrected chi connectivity index (χ1v) is 15.5. The first-order chi connectivity index (χ1) is 16.0. The zero-order chi connectivity index (χ0) is 24.9. The number of hydrogen-bond acceptors (Lipinski definition) is 6. The molecule has 0 unspecified atom stereocenters. The van der Waals surface area contributed by atoms with Crippen LogP contribution in [0.4, 0.5) is 0 Å². The molecule has 8 heteroatoms. The monoisotopic (exact) mass is 550 g/mol. The smallest absolute Gasteiger partial charge is 0.338 e. The van der Waals surface area contributed by atoms with Crippen molar-refractivity contribution in [1.82, 2.24) is 0 Å². The molecule has 1 heterocycles. The molecule has 1 saturated heterocycles. The number of benzene rings is 2. The molecular weight excluding hydrogens is 516 g/mol. The lowest BCUT2D eigenvalue weighted by molar-refractivity contribution is -0.223. The minimum Gasteiger partial charge on any atom is -0.497 e. The summed E-state index contributed by atoms with van der Waals surface area (Å²) < 4.78 is 30.5. The fraction of sp³-hybridized carbons (Fsp3) is 0.500. The van der Waals surface area contributed by atoms with E-state index in [1.807, 2.05) is 42.5 Å². The summed E-state index contributed by atoms with van der Waals surface area (Å²) in [5.74, 6) is 1.03. The second-order valence-electron chi connectivity index (χ2n) is 9.95. The average Bonchev–Trinajstić information content (AvgIpc) is 2.80. The second kappa shape index (κ2) is 11.2. The maximum Gasteiger partial charge on any atom is 0.338 e. The highest BCUT2D eigenvalue weighted by Crippen LogP contribution is 2.40. The Labute approximate surface area is 212 Å². The van der Waals surface area contributed by atoms with Crippen molar-refractivity contribution < 1.29 is 28.2 Å². The van der Waals surface area contributed by atoms with E-state index in [0.29, 0.717) is 23.1 Å². The van der Waals surface area contributed by atoms with Gasteiger partial charge in [0, 0.05) is 11.8 Å². The first-order valence-electron chi connectivity index (χ1n) is 11.5. The fourth-order valence-electron chi connectivity index (χ4n) is 3.43. The number of methoxy groups -OCH3 is 1. The number of hydrogen-bond donors (Lipinski definition) is 0. The van der Waals surface area contributed by atoms with E-state index >= 15 is 0 Å². The van der Waals surface area contributed by atoms with Crippen LogP contribution in [0.2, 0.25) is 18.1 Å². The molecule has 0 radical (unpaired) electrons. The summed E-state index contributed by atoms with van der Waals surface area (Å²) in [7, 11) is -0.538. The maximum atomic E-state index is 12.8. The molecule has 2 aromatic carbocycles. The zero-order valence-electron chi connectivity index (χ0n) is 20.7. The van der Waals surface area contributed by atoms with Gasteiger partial charge in [-0.25, -0.2) is 4.79 Å². The van der Waals surface area contributed by atoms with E-state index in [1.165, 1.54) is 0 Å². The molecular formula is C26H35BrO6Si. The first kappa shape index (κ1) is 26.7. The quantitative estimate of drug-likeness (QED) is 0.221. The van der Waals surface area contributed by atoms with Gasteiger partial charge in [0.1, 0.15) is 29.8 Å². The van der Waals surface area contributed by atoms with Crippen LogP contribution in [0.3, 0.4) is 0 Å². The van der Waals surface area contributed by atoms with Gasteiger partial charge < -0.3 is 23.4 Å². The molecule has 0 amide bonds. The number of esters is 1. The SMILES string of the molecule is COc1ccc(O[C@@H]2O[C@H](CBr)[C@@H](OC(=O)c3ccccc3)C[C@H]2O[Si](C)(C)C(C)(C)C)cc1. The van der Waals surface area contributed by atoms with Crippen molar-refractivity contribution in [2.75, 3.05) is 12.4 Å². The van der Waals surface area contributed by atoms with Crippen LogP contribution < -0.4 is 9.47 Å². The number of carbonyl (C=O) groups excluding carboxylic acids is 1. The van der Waals surface area contributed by atoms with Crippen molar-refractivity contribution in [3.63, 3.8) is 0 Å². The van der Waals surface area contributed by atoms with Gasteiger partial charge in [0.05, 0.1) is 12.7 Å². The van der Waals surface area contributed by atoms with E-state index in [-0.39, 0.29) is 17.1 Å². The molecule has 186 valence electrons. The Morgan fingerprint density at radius 3 is 2.21 bits per heavy atom. The molecule has 0 bridgehead atoms. The zero-order valence-corrected chi connectivity index (χ0v) is 23.3. The van der Waals surface area contributed by atoms with Crippen LogP contribution in [0, 0.1) is 0 Å². The molecule has 1 fully saturated rings. The fourth-order valence-corrected chi connectivity index (χ4v) is 5.32. The predicted molar refractivity (Wildman–Crippen MR) is 138 cm³/mol. The van der Waals surface area contributed by atoms with E-state index in [2.05, 4.69) is 49.8 Å². The van der Waals surface area contributed by atoms with Crippen molar-refractivity contribution in [2.24, 2.45) is 0 Å².